The molecule has 98 valence electrons. The van der Waals surface area contributed by atoms with Gasteiger partial charge in [0.05, 0.1) is 13.5 Å². The molecule has 1 aromatic carbocycles. The molecule has 3 nitrogen and oxygen atoms in total. The van der Waals surface area contributed by atoms with Gasteiger partial charge in [-0.05, 0) is 49.4 Å². The Morgan fingerprint density at radius 2 is 2.17 bits per heavy atom. The van der Waals surface area contributed by atoms with Crippen LogP contribution in [0.15, 0.2) is 18.2 Å². The van der Waals surface area contributed by atoms with Gasteiger partial charge in [0.1, 0.15) is 0 Å². The number of fused-ring (bicyclic) bond motifs is 1. The number of hydrogen-bond acceptors (Lipinski definition) is 3. The van der Waals surface area contributed by atoms with E-state index in [9.17, 15) is 4.79 Å². The van der Waals surface area contributed by atoms with Gasteiger partial charge in [-0.3, -0.25) is 4.79 Å². The number of aryl methyl sites for hydroxylation is 2. The number of nitrogens with one attached hydrogen (secondary N) is 1. The largest absolute Gasteiger partial charge is 0.469 e. The van der Waals surface area contributed by atoms with Crippen LogP contribution in [0.1, 0.15) is 29.5 Å². The zero-order chi connectivity index (χ0) is 13.0. The van der Waals surface area contributed by atoms with Crippen molar-refractivity contribution in [2.45, 2.75) is 38.1 Å². The average molecular weight is 247 g/mol. The fraction of sp³-hybridized carbons (Fsp3) is 0.533. The van der Waals surface area contributed by atoms with Crippen LogP contribution < -0.4 is 5.32 Å². The highest BCUT2D eigenvalue weighted by Gasteiger charge is 2.15. The normalized spacial score (nSPS) is 15.2. The lowest BCUT2D eigenvalue weighted by molar-refractivity contribution is -0.141. The molecule has 0 bridgehead atoms. The van der Waals surface area contributed by atoms with Gasteiger partial charge in [0, 0.05) is 6.04 Å². The number of hydrogen-bond donors (Lipinski definition) is 1. The van der Waals surface area contributed by atoms with Crippen LogP contribution in [0.4, 0.5) is 0 Å². The Balaban J connectivity index is 2.01. The van der Waals surface area contributed by atoms with Crippen LogP contribution in [0.3, 0.4) is 0 Å². The van der Waals surface area contributed by atoms with Gasteiger partial charge >= 0.3 is 5.97 Å². The van der Waals surface area contributed by atoms with Gasteiger partial charge < -0.3 is 10.1 Å². The van der Waals surface area contributed by atoms with Gasteiger partial charge in [0.15, 0.2) is 0 Å². The summed E-state index contributed by atoms with van der Waals surface area (Å²) in [5.74, 6) is -0.157. The number of rotatable bonds is 5. The van der Waals surface area contributed by atoms with Crippen molar-refractivity contribution in [1.82, 2.24) is 5.32 Å². The summed E-state index contributed by atoms with van der Waals surface area (Å²) in [5.41, 5.74) is 4.28. The van der Waals surface area contributed by atoms with Crippen LogP contribution in [0.5, 0.6) is 0 Å². The maximum atomic E-state index is 11.3. The maximum absolute atomic E-state index is 11.3. The van der Waals surface area contributed by atoms with E-state index in [2.05, 4.69) is 23.5 Å². The summed E-state index contributed by atoms with van der Waals surface area (Å²) in [7, 11) is 3.32. The fourth-order valence-corrected chi connectivity index (χ4v) is 2.60. The molecule has 1 atom stereocenters. The molecule has 0 aromatic heterocycles. The molecule has 2 rings (SSSR count). The highest BCUT2D eigenvalue weighted by atomic mass is 16.5. The number of ether oxygens (including phenoxy) is 1. The third-order valence-electron chi connectivity index (χ3n) is 3.69. The molecule has 1 aromatic rings. The number of likely N-dealkylation sites (N-methyl/N-ethyl adjacent to an activating group) is 1. The zero-order valence-electron chi connectivity index (χ0n) is 11.2. The smallest absolute Gasteiger partial charge is 0.307 e. The van der Waals surface area contributed by atoms with E-state index in [1.807, 2.05) is 7.05 Å². The number of benzene rings is 1. The standard InChI is InChI=1S/C15H21NO2/c1-16-14(10-15(17)18-2)9-11-6-7-12-4-3-5-13(12)8-11/h6-8,14,16H,3-5,9-10H2,1-2H3. The van der Waals surface area contributed by atoms with Crippen molar-refractivity contribution in [3.63, 3.8) is 0 Å². The van der Waals surface area contributed by atoms with Crippen molar-refractivity contribution < 1.29 is 9.53 Å². The van der Waals surface area contributed by atoms with Crippen molar-refractivity contribution in [2.75, 3.05) is 14.2 Å². The number of esters is 1. The zero-order valence-corrected chi connectivity index (χ0v) is 11.2. The number of carbonyl (C=O) groups excluding carboxylic acids is 1. The molecule has 0 saturated heterocycles. The molecule has 1 aliphatic rings. The van der Waals surface area contributed by atoms with Crippen molar-refractivity contribution in [1.29, 1.82) is 0 Å². The molecule has 0 aliphatic heterocycles. The Morgan fingerprint density at radius 1 is 1.39 bits per heavy atom. The Kier molecular flexibility index (Phi) is 4.37. The maximum Gasteiger partial charge on any atom is 0.307 e. The van der Waals surface area contributed by atoms with Gasteiger partial charge in [-0.15, -0.1) is 0 Å². The van der Waals surface area contributed by atoms with Crippen LogP contribution in [-0.2, 0) is 28.8 Å². The van der Waals surface area contributed by atoms with Crippen LogP contribution in [0, 0.1) is 0 Å². The highest BCUT2D eigenvalue weighted by Crippen LogP contribution is 2.23. The summed E-state index contributed by atoms with van der Waals surface area (Å²) in [6.07, 6.45) is 4.98. The van der Waals surface area contributed by atoms with E-state index in [0.29, 0.717) is 6.42 Å². The number of carbonyl (C=O) groups is 1. The molecule has 0 heterocycles. The summed E-state index contributed by atoms with van der Waals surface area (Å²) in [5, 5.41) is 3.18. The minimum atomic E-state index is -0.157. The molecule has 18 heavy (non-hydrogen) atoms. The summed E-state index contributed by atoms with van der Waals surface area (Å²) in [4.78, 5) is 11.3. The molecule has 1 unspecified atom stereocenters. The minimum absolute atomic E-state index is 0.150. The lowest BCUT2D eigenvalue weighted by atomic mass is 9.99. The SMILES string of the molecule is CNC(CC(=O)OC)Cc1ccc2c(c1)CCC2. The van der Waals surface area contributed by atoms with Crippen LogP contribution in [-0.4, -0.2) is 26.2 Å². The van der Waals surface area contributed by atoms with E-state index in [4.69, 9.17) is 4.74 Å². The van der Waals surface area contributed by atoms with Crippen LogP contribution in [0.25, 0.3) is 0 Å². The predicted octanol–water partition coefficient (Wildman–Crippen LogP) is 1.87. The second-order valence-electron chi connectivity index (χ2n) is 4.93. The van der Waals surface area contributed by atoms with Gasteiger partial charge in [-0.25, -0.2) is 0 Å². The Hall–Kier alpha value is -1.35. The van der Waals surface area contributed by atoms with Crippen molar-refractivity contribution in [3.05, 3.63) is 34.9 Å². The first-order chi connectivity index (χ1) is 8.72. The van der Waals surface area contributed by atoms with Gasteiger partial charge in [0.25, 0.3) is 0 Å². The van der Waals surface area contributed by atoms with Crippen molar-refractivity contribution in [2.24, 2.45) is 0 Å². The lowest BCUT2D eigenvalue weighted by Gasteiger charge is -2.15. The highest BCUT2D eigenvalue weighted by molar-refractivity contribution is 5.70. The van der Waals surface area contributed by atoms with Gasteiger partial charge in [-0.1, -0.05) is 18.2 Å². The molecule has 0 amide bonds. The van der Waals surface area contributed by atoms with Crippen LogP contribution >= 0.6 is 0 Å². The summed E-state index contributed by atoms with van der Waals surface area (Å²) in [6, 6.07) is 6.87. The summed E-state index contributed by atoms with van der Waals surface area (Å²) >= 11 is 0. The third-order valence-corrected chi connectivity index (χ3v) is 3.69. The minimum Gasteiger partial charge on any atom is -0.469 e. The van der Waals surface area contributed by atoms with E-state index in [-0.39, 0.29) is 12.0 Å². The molecular weight excluding hydrogens is 226 g/mol. The second kappa shape index (κ2) is 6.01. The van der Waals surface area contributed by atoms with E-state index in [1.165, 1.54) is 43.1 Å². The summed E-state index contributed by atoms with van der Waals surface area (Å²) in [6.45, 7) is 0. The van der Waals surface area contributed by atoms with E-state index in [0.717, 1.165) is 6.42 Å². The van der Waals surface area contributed by atoms with Gasteiger partial charge in [0.2, 0.25) is 0 Å². The molecule has 3 heteroatoms. The predicted molar refractivity (Wildman–Crippen MR) is 71.7 cm³/mol. The molecule has 0 radical (unpaired) electrons. The van der Waals surface area contributed by atoms with E-state index < -0.39 is 0 Å². The topological polar surface area (TPSA) is 38.3 Å². The Bertz CT molecular complexity index is 429. The second-order valence-corrected chi connectivity index (χ2v) is 4.93. The quantitative estimate of drug-likeness (QED) is 0.807. The Labute approximate surface area is 109 Å². The first-order valence-electron chi connectivity index (χ1n) is 6.57. The lowest BCUT2D eigenvalue weighted by Crippen LogP contribution is -2.30. The van der Waals surface area contributed by atoms with Crippen molar-refractivity contribution in [3.8, 4) is 0 Å². The molecule has 1 aliphatic carbocycles. The third kappa shape index (κ3) is 3.10. The van der Waals surface area contributed by atoms with Crippen LogP contribution in [0.2, 0.25) is 0 Å². The monoisotopic (exact) mass is 247 g/mol. The van der Waals surface area contributed by atoms with Crippen molar-refractivity contribution >= 4 is 5.97 Å². The number of methoxy groups -OCH3 is 1. The first-order valence-corrected chi connectivity index (χ1v) is 6.57. The Morgan fingerprint density at radius 3 is 2.89 bits per heavy atom. The molecule has 0 saturated carbocycles. The molecule has 0 spiro atoms. The average Bonchev–Trinajstić information content (AvgIpc) is 2.85. The summed E-state index contributed by atoms with van der Waals surface area (Å²) < 4.78 is 4.72. The van der Waals surface area contributed by atoms with E-state index >= 15 is 0 Å². The molecule has 1 N–H and O–H groups in total. The van der Waals surface area contributed by atoms with E-state index in [1.54, 1.807) is 0 Å². The first kappa shape index (κ1) is 13.1. The van der Waals surface area contributed by atoms with Gasteiger partial charge in [-0.2, -0.15) is 0 Å². The molecular formula is C15H21NO2. The molecule has 0 fully saturated rings. The fourth-order valence-electron chi connectivity index (χ4n) is 2.60.